The predicted octanol–water partition coefficient (Wildman–Crippen LogP) is 1.31. The summed E-state index contributed by atoms with van der Waals surface area (Å²) >= 11 is 0. The number of nitrogens with one attached hydrogen (secondary N) is 1. The smallest absolute Gasteiger partial charge is 0.317 e. The van der Waals surface area contributed by atoms with E-state index in [2.05, 4.69) is 11.9 Å². The summed E-state index contributed by atoms with van der Waals surface area (Å²) < 4.78 is 0. The van der Waals surface area contributed by atoms with Gasteiger partial charge >= 0.3 is 12.0 Å². The molecule has 0 saturated heterocycles. The number of urea groups is 1. The van der Waals surface area contributed by atoms with Crippen molar-refractivity contribution in [1.82, 2.24) is 10.2 Å². The minimum absolute atomic E-state index is 0.194. The highest BCUT2D eigenvalue weighted by molar-refractivity contribution is 5.75. The molecule has 0 radical (unpaired) electrons. The van der Waals surface area contributed by atoms with Crippen molar-refractivity contribution in [3.63, 3.8) is 0 Å². The number of aliphatic carboxylic acids is 1. The molecule has 0 aromatic rings. The van der Waals surface area contributed by atoms with Gasteiger partial charge in [-0.3, -0.25) is 4.79 Å². The minimum Gasteiger partial charge on any atom is -0.481 e. The highest BCUT2D eigenvalue weighted by Gasteiger charge is 2.16. The average molecular weight is 228 g/mol. The monoisotopic (exact) mass is 228 g/mol. The molecule has 16 heavy (non-hydrogen) atoms. The Morgan fingerprint density at radius 3 is 2.50 bits per heavy atom. The van der Waals surface area contributed by atoms with Crippen LogP contribution < -0.4 is 5.32 Å². The van der Waals surface area contributed by atoms with E-state index in [1.165, 1.54) is 4.90 Å². The maximum Gasteiger partial charge on any atom is 0.317 e. The Kier molecular flexibility index (Phi) is 6.22. The van der Waals surface area contributed by atoms with Crippen molar-refractivity contribution in [1.29, 1.82) is 0 Å². The number of carboxylic acid groups (broad SMARTS) is 1. The Morgan fingerprint density at radius 1 is 1.50 bits per heavy atom. The fraction of sp³-hybridized carbons (Fsp3) is 0.636. The van der Waals surface area contributed by atoms with Crippen LogP contribution in [0, 0.1) is 5.92 Å². The van der Waals surface area contributed by atoms with Crippen LogP contribution >= 0.6 is 0 Å². The molecule has 0 aliphatic rings. The van der Waals surface area contributed by atoms with Crippen molar-refractivity contribution in [3.8, 4) is 0 Å². The lowest BCUT2D eigenvalue weighted by molar-refractivity contribution is -0.141. The molecule has 0 saturated carbocycles. The Morgan fingerprint density at radius 2 is 2.06 bits per heavy atom. The Labute approximate surface area is 96.1 Å². The maximum atomic E-state index is 11.5. The van der Waals surface area contributed by atoms with E-state index < -0.39 is 11.9 Å². The molecular formula is C11H20N2O3. The Balaban J connectivity index is 3.99. The summed E-state index contributed by atoms with van der Waals surface area (Å²) in [6.45, 7) is 7.92. The van der Waals surface area contributed by atoms with Gasteiger partial charge in [-0.1, -0.05) is 26.0 Å². The topological polar surface area (TPSA) is 69.6 Å². The van der Waals surface area contributed by atoms with Gasteiger partial charge in [-0.15, -0.1) is 0 Å². The lowest BCUT2D eigenvalue weighted by Gasteiger charge is -2.20. The van der Waals surface area contributed by atoms with Crippen LogP contribution in [0.5, 0.6) is 0 Å². The molecule has 0 aromatic heterocycles. The molecule has 0 aliphatic heterocycles. The fourth-order valence-corrected chi connectivity index (χ4v) is 1.03. The summed E-state index contributed by atoms with van der Waals surface area (Å²) in [7, 11) is 1.57. The fourth-order valence-electron chi connectivity index (χ4n) is 1.03. The third-order valence-corrected chi connectivity index (χ3v) is 2.31. The van der Waals surface area contributed by atoms with Crippen LogP contribution in [0.2, 0.25) is 0 Å². The summed E-state index contributed by atoms with van der Waals surface area (Å²) in [6, 6.07) is -0.275. The summed E-state index contributed by atoms with van der Waals surface area (Å²) in [6.07, 6.45) is 0.815. The predicted molar refractivity (Wildman–Crippen MR) is 62.3 cm³/mol. The SMILES string of the molecule is C=C(CC)CNC(=O)N(C)CC(C)C(=O)O. The number of carbonyl (C=O) groups is 2. The van der Waals surface area contributed by atoms with Crippen LogP contribution in [0.3, 0.4) is 0 Å². The lowest BCUT2D eigenvalue weighted by atomic mass is 10.2. The number of amides is 2. The first-order valence-electron chi connectivity index (χ1n) is 5.26. The van der Waals surface area contributed by atoms with Gasteiger partial charge in [-0.05, 0) is 6.42 Å². The van der Waals surface area contributed by atoms with Gasteiger partial charge in [0.1, 0.15) is 0 Å². The number of hydrogen-bond acceptors (Lipinski definition) is 2. The standard InChI is InChI=1S/C11H20N2O3/c1-5-8(2)6-12-11(16)13(4)7-9(3)10(14)15/h9H,2,5-7H2,1,3-4H3,(H,12,16)(H,14,15). The normalized spacial score (nSPS) is 11.7. The van der Waals surface area contributed by atoms with Gasteiger partial charge in [0, 0.05) is 20.1 Å². The molecule has 5 heteroatoms. The van der Waals surface area contributed by atoms with Crippen molar-refractivity contribution >= 4 is 12.0 Å². The molecule has 1 unspecified atom stereocenters. The maximum absolute atomic E-state index is 11.5. The molecule has 1 atom stereocenters. The first-order valence-corrected chi connectivity index (χ1v) is 5.26. The van der Waals surface area contributed by atoms with Gasteiger partial charge in [0.25, 0.3) is 0 Å². The van der Waals surface area contributed by atoms with Crippen LogP contribution in [0.4, 0.5) is 4.79 Å². The highest BCUT2D eigenvalue weighted by Crippen LogP contribution is 1.99. The molecule has 0 aliphatic carbocycles. The van der Waals surface area contributed by atoms with Gasteiger partial charge in [-0.2, -0.15) is 0 Å². The van der Waals surface area contributed by atoms with Crippen molar-refractivity contribution in [2.75, 3.05) is 20.1 Å². The van der Waals surface area contributed by atoms with E-state index in [1.807, 2.05) is 6.92 Å². The first-order chi connectivity index (χ1) is 7.38. The number of rotatable bonds is 6. The van der Waals surface area contributed by atoms with Gasteiger partial charge in [0.2, 0.25) is 0 Å². The van der Waals surface area contributed by atoms with Gasteiger partial charge in [0.15, 0.2) is 0 Å². The van der Waals surface area contributed by atoms with E-state index in [0.717, 1.165) is 12.0 Å². The molecule has 0 bridgehead atoms. The first kappa shape index (κ1) is 14.5. The number of carboxylic acids is 1. The van der Waals surface area contributed by atoms with Crippen LogP contribution in [0.25, 0.3) is 0 Å². The van der Waals surface area contributed by atoms with Crippen LogP contribution in [-0.2, 0) is 4.79 Å². The van der Waals surface area contributed by atoms with Crippen LogP contribution in [0.15, 0.2) is 12.2 Å². The molecule has 0 spiro atoms. The van der Waals surface area contributed by atoms with Gasteiger partial charge < -0.3 is 15.3 Å². The van der Waals surface area contributed by atoms with Crippen molar-refractivity contribution in [3.05, 3.63) is 12.2 Å². The number of hydrogen-bond donors (Lipinski definition) is 2. The van der Waals surface area contributed by atoms with Crippen molar-refractivity contribution in [2.45, 2.75) is 20.3 Å². The molecule has 0 heterocycles. The molecule has 92 valence electrons. The van der Waals surface area contributed by atoms with Crippen LogP contribution in [-0.4, -0.2) is 42.1 Å². The van der Waals surface area contributed by atoms with Gasteiger partial charge in [0.05, 0.1) is 5.92 Å². The van der Waals surface area contributed by atoms with Crippen LogP contribution in [0.1, 0.15) is 20.3 Å². The summed E-state index contributed by atoms with van der Waals surface area (Å²) in [5.41, 5.74) is 0.938. The van der Waals surface area contributed by atoms with E-state index in [-0.39, 0.29) is 12.6 Å². The highest BCUT2D eigenvalue weighted by atomic mass is 16.4. The Hall–Kier alpha value is -1.52. The quantitative estimate of drug-likeness (QED) is 0.673. The zero-order valence-electron chi connectivity index (χ0n) is 10.1. The minimum atomic E-state index is -0.905. The zero-order valence-corrected chi connectivity index (χ0v) is 10.1. The van der Waals surface area contributed by atoms with E-state index in [4.69, 9.17) is 5.11 Å². The number of nitrogens with zero attached hydrogens (tertiary/aromatic N) is 1. The zero-order chi connectivity index (χ0) is 12.7. The molecule has 0 rings (SSSR count). The lowest BCUT2D eigenvalue weighted by Crippen LogP contribution is -2.41. The van der Waals surface area contributed by atoms with Crippen molar-refractivity contribution in [2.24, 2.45) is 5.92 Å². The summed E-state index contributed by atoms with van der Waals surface area (Å²) in [5, 5.41) is 11.4. The third kappa shape index (κ3) is 5.38. The molecule has 5 nitrogen and oxygen atoms in total. The molecule has 0 fully saturated rings. The number of carbonyl (C=O) groups excluding carboxylic acids is 1. The average Bonchev–Trinajstić information content (AvgIpc) is 2.24. The van der Waals surface area contributed by atoms with E-state index >= 15 is 0 Å². The molecule has 0 aromatic carbocycles. The molecule has 2 N–H and O–H groups in total. The second kappa shape index (κ2) is 6.87. The van der Waals surface area contributed by atoms with E-state index in [9.17, 15) is 9.59 Å². The van der Waals surface area contributed by atoms with Gasteiger partial charge in [-0.25, -0.2) is 4.79 Å². The van der Waals surface area contributed by atoms with E-state index in [0.29, 0.717) is 6.54 Å². The summed E-state index contributed by atoms with van der Waals surface area (Å²) in [4.78, 5) is 23.5. The third-order valence-electron chi connectivity index (χ3n) is 2.31. The van der Waals surface area contributed by atoms with Crippen molar-refractivity contribution < 1.29 is 14.7 Å². The largest absolute Gasteiger partial charge is 0.481 e. The van der Waals surface area contributed by atoms with E-state index in [1.54, 1.807) is 14.0 Å². The molecular weight excluding hydrogens is 208 g/mol. The second-order valence-electron chi connectivity index (χ2n) is 3.88. The Bertz CT molecular complexity index is 276. The molecule has 2 amide bonds. The summed E-state index contributed by atoms with van der Waals surface area (Å²) in [5.74, 6) is -1.47. The second-order valence-corrected chi connectivity index (χ2v) is 3.88.